The number of fused-ring (bicyclic) bond motifs is 1. The lowest BCUT2D eigenvalue weighted by Crippen LogP contribution is -1.99. The van der Waals surface area contributed by atoms with Crippen LogP contribution in [0.25, 0.3) is 10.2 Å². The van der Waals surface area contributed by atoms with Crippen LogP contribution in [0.2, 0.25) is 0 Å². The van der Waals surface area contributed by atoms with Crippen LogP contribution in [0.15, 0.2) is 32.9 Å². The minimum Gasteiger partial charge on any atom is -0.357 e. The molecule has 3 aromatic rings. The topological polar surface area (TPSA) is 50.7 Å². The molecule has 0 spiro atoms. The van der Waals surface area contributed by atoms with Gasteiger partial charge in [0, 0.05) is 6.04 Å². The van der Waals surface area contributed by atoms with Gasteiger partial charge in [0.2, 0.25) is 5.13 Å². The van der Waals surface area contributed by atoms with Crippen LogP contribution in [0.5, 0.6) is 0 Å². The van der Waals surface area contributed by atoms with Crippen molar-refractivity contribution < 1.29 is 0 Å². The van der Waals surface area contributed by atoms with Gasteiger partial charge in [-0.25, -0.2) is 4.98 Å². The summed E-state index contributed by atoms with van der Waals surface area (Å²) in [5, 5.41) is 12.6. The quantitative estimate of drug-likeness (QED) is 0.793. The van der Waals surface area contributed by atoms with E-state index in [0.29, 0.717) is 6.04 Å². The van der Waals surface area contributed by atoms with Crippen molar-refractivity contribution in [2.45, 2.75) is 27.6 Å². The number of nitrogens with zero attached hydrogens (tertiary/aromatic N) is 3. The van der Waals surface area contributed by atoms with Crippen LogP contribution in [-0.4, -0.2) is 21.2 Å². The molecule has 0 amide bonds. The molecule has 0 bridgehead atoms. The molecule has 4 nitrogen and oxygen atoms in total. The summed E-state index contributed by atoms with van der Waals surface area (Å²) in [7, 11) is 0. The maximum absolute atomic E-state index is 4.59. The number of hydrogen-bond acceptors (Lipinski definition) is 7. The van der Waals surface area contributed by atoms with E-state index in [9.17, 15) is 0 Å². The lowest BCUT2D eigenvalue weighted by atomic mass is 10.3. The van der Waals surface area contributed by atoms with Gasteiger partial charge >= 0.3 is 0 Å². The lowest BCUT2D eigenvalue weighted by molar-refractivity contribution is 0.994. The summed E-state index contributed by atoms with van der Waals surface area (Å²) in [6.07, 6.45) is 2.50. The van der Waals surface area contributed by atoms with E-state index in [1.54, 1.807) is 34.4 Å². The van der Waals surface area contributed by atoms with Crippen LogP contribution in [0, 0.1) is 0 Å². The molecule has 7 heteroatoms. The number of hydrogen-bond donors (Lipinski definition) is 1. The Morgan fingerprint density at radius 2 is 2.00 bits per heavy atom. The van der Waals surface area contributed by atoms with Crippen LogP contribution in [0.3, 0.4) is 0 Å². The Bertz CT molecular complexity index is 683. The molecule has 19 heavy (non-hydrogen) atoms. The summed E-state index contributed by atoms with van der Waals surface area (Å²) >= 11 is 4.89. The molecule has 96 valence electrons. The third kappa shape index (κ3) is 2.58. The predicted molar refractivity (Wildman–Crippen MR) is 80.3 cm³/mol. The van der Waals surface area contributed by atoms with E-state index in [2.05, 4.69) is 26.6 Å². The molecule has 0 unspecified atom stereocenters. The average Bonchev–Trinajstić information content (AvgIpc) is 2.97. The first-order valence-corrected chi connectivity index (χ1v) is 8.45. The molecule has 0 atom stereocenters. The molecule has 0 radical (unpaired) electrons. The second kappa shape index (κ2) is 4.73. The van der Waals surface area contributed by atoms with Crippen molar-refractivity contribution in [2.75, 3.05) is 5.32 Å². The van der Waals surface area contributed by atoms with Crippen molar-refractivity contribution >= 4 is 49.8 Å². The second-order valence-corrected chi connectivity index (χ2v) is 7.84. The monoisotopic (exact) mass is 306 g/mol. The standard InChI is InChI=1S/C12H10N4S3/c1-2-4-9-8(3-1)14-11(17-9)19-12-16-15-10(18-12)13-7-5-6-7/h1-4,7H,5-6H2,(H,13,15). The SMILES string of the molecule is c1ccc2sc(Sc3nnc(NC4CC4)s3)nc2c1. The Morgan fingerprint density at radius 3 is 2.84 bits per heavy atom. The normalized spacial score (nSPS) is 14.9. The smallest absolute Gasteiger partial charge is 0.206 e. The van der Waals surface area contributed by atoms with Gasteiger partial charge < -0.3 is 5.32 Å². The van der Waals surface area contributed by atoms with Gasteiger partial charge in [0.15, 0.2) is 8.68 Å². The Kier molecular flexibility index (Phi) is 2.90. The first-order valence-electron chi connectivity index (χ1n) is 6.00. The van der Waals surface area contributed by atoms with Crippen LogP contribution in [-0.2, 0) is 0 Å². The molecule has 1 saturated carbocycles. The van der Waals surface area contributed by atoms with Gasteiger partial charge in [-0.05, 0) is 36.7 Å². The summed E-state index contributed by atoms with van der Waals surface area (Å²) in [6.45, 7) is 0. The van der Waals surface area contributed by atoms with Crippen molar-refractivity contribution in [3.63, 3.8) is 0 Å². The fourth-order valence-corrected chi connectivity index (χ4v) is 4.78. The minimum atomic E-state index is 0.619. The van der Waals surface area contributed by atoms with E-state index in [1.165, 1.54) is 17.5 Å². The Balaban J connectivity index is 1.54. The van der Waals surface area contributed by atoms with Crippen molar-refractivity contribution in [3.8, 4) is 0 Å². The highest BCUT2D eigenvalue weighted by molar-refractivity contribution is 8.02. The Hall–Kier alpha value is -1.18. The maximum atomic E-state index is 4.59. The van der Waals surface area contributed by atoms with Crippen LogP contribution in [0.4, 0.5) is 5.13 Å². The summed E-state index contributed by atoms with van der Waals surface area (Å²) in [4.78, 5) is 4.59. The zero-order valence-corrected chi connectivity index (χ0v) is 12.3. The summed E-state index contributed by atoms with van der Waals surface area (Å²) in [6, 6.07) is 8.80. The molecule has 1 N–H and O–H groups in total. The zero-order valence-electron chi connectivity index (χ0n) is 9.87. The van der Waals surface area contributed by atoms with Gasteiger partial charge in [-0.2, -0.15) is 0 Å². The van der Waals surface area contributed by atoms with Crippen LogP contribution < -0.4 is 5.32 Å². The highest BCUT2D eigenvalue weighted by Crippen LogP contribution is 2.37. The van der Waals surface area contributed by atoms with Gasteiger partial charge in [0.1, 0.15) is 0 Å². The fourth-order valence-electron chi connectivity index (χ4n) is 1.68. The second-order valence-electron chi connectivity index (χ2n) is 4.34. The number of nitrogens with one attached hydrogen (secondary N) is 1. The highest BCUT2D eigenvalue weighted by Gasteiger charge is 2.22. The molecule has 2 heterocycles. The summed E-state index contributed by atoms with van der Waals surface area (Å²) < 4.78 is 3.18. The molecule has 1 fully saturated rings. The van der Waals surface area contributed by atoms with Gasteiger partial charge in [0.25, 0.3) is 0 Å². The van der Waals surface area contributed by atoms with Crippen LogP contribution >= 0.6 is 34.4 Å². The Morgan fingerprint density at radius 1 is 1.11 bits per heavy atom. The van der Waals surface area contributed by atoms with E-state index in [-0.39, 0.29) is 0 Å². The van der Waals surface area contributed by atoms with E-state index in [0.717, 1.165) is 19.3 Å². The Labute approximate surface area is 122 Å². The number of aromatic nitrogens is 3. The van der Waals surface area contributed by atoms with Crippen molar-refractivity contribution in [3.05, 3.63) is 24.3 Å². The van der Waals surface area contributed by atoms with Crippen LogP contribution in [0.1, 0.15) is 12.8 Å². The molecule has 1 aliphatic carbocycles. The average molecular weight is 306 g/mol. The summed E-state index contributed by atoms with van der Waals surface area (Å²) in [5.41, 5.74) is 1.05. The van der Waals surface area contributed by atoms with E-state index in [1.807, 2.05) is 18.2 Å². The molecular formula is C12H10N4S3. The molecule has 2 aromatic heterocycles. The van der Waals surface area contributed by atoms with Crippen molar-refractivity contribution in [1.82, 2.24) is 15.2 Å². The third-order valence-corrected chi connectivity index (χ3v) is 5.76. The van der Waals surface area contributed by atoms with E-state index < -0.39 is 0 Å². The minimum absolute atomic E-state index is 0.619. The summed E-state index contributed by atoms with van der Waals surface area (Å²) in [5.74, 6) is 0. The van der Waals surface area contributed by atoms with Gasteiger partial charge in [-0.1, -0.05) is 23.5 Å². The van der Waals surface area contributed by atoms with Crippen molar-refractivity contribution in [2.24, 2.45) is 0 Å². The van der Waals surface area contributed by atoms with Crippen molar-refractivity contribution in [1.29, 1.82) is 0 Å². The number of para-hydroxylation sites is 1. The fraction of sp³-hybridized carbons (Fsp3) is 0.250. The lowest BCUT2D eigenvalue weighted by Gasteiger charge is -1.93. The largest absolute Gasteiger partial charge is 0.357 e. The zero-order chi connectivity index (χ0) is 12.7. The highest BCUT2D eigenvalue weighted by atomic mass is 32.2. The number of thiazole rings is 1. The van der Waals surface area contributed by atoms with Gasteiger partial charge in [-0.15, -0.1) is 21.5 Å². The van der Waals surface area contributed by atoms with Gasteiger partial charge in [0.05, 0.1) is 10.2 Å². The van der Waals surface area contributed by atoms with E-state index in [4.69, 9.17) is 0 Å². The third-order valence-electron chi connectivity index (χ3n) is 2.76. The number of benzene rings is 1. The molecule has 4 rings (SSSR count). The van der Waals surface area contributed by atoms with E-state index >= 15 is 0 Å². The number of rotatable bonds is 4. The first-order chi connectivity index (χ1) is 9.37. The molecular weight excluding hydrogens is 296 g/mol. The predicted octanol–water partition coefficient (Wildman–Crippen LogP) is 3.87. The molecule has 0 aliphatic heterocycles. The molecule has 1 aliphatic rings. The number of anilines is 1. The molecule has 1 aromatic carbocycles. The maximum Gasteiger partial charge on any atom is 0.206 e. The van der Waals surface area contributed by atoms with Gasteiger partial charge in [-0.3, -0.25) is 0 Å². The first kappa shape index (κ1) is 11.6. The molecule has 0 saturated heterocycles.